The Bertz CT molecular complexity index is 1360. The molecule has 7 rings (SSSR count). The van der Waals surface area contributed by atoms with Gasteiger partial charge in [0.05, 0.1) is 17.1 Å². The Kier molecular flexibility index (Phi) is 5.24. The van der Waals surface area contributed by atoms with Crippen LogP contribution < -0.4 is 4.74 Å². The second-order valence-corrected chi connectivity index (χ2v) is 11.9. The molecule has 5 aliphatic rings. The van der Waals surface area contributed by atoms with Crippen molar-refractivity contribution in [1.29, 1.82) is 0 Å². The van der Waals surface area contributed by atoms with E-state index in [0.29, 0.717) is 36.5 Å². The molecule has 2 heterocycles. The normalized spacial score (nSPS) is 33.2. The van der Waals surface area contributed by atoms with E-state index in [2.05, 4.69) is 4.90 Å². The molecule has 3 fully saturated rings. The van der Waals surface area contributed by atoms with E-state index in [-0.39, 0.29) is 23.7 Å². The highest BCUT2D eigenvalue weighted by atomic mass is 19.2. The Labute approximate surface area is 220 Å². The van der Waals surface area contributed by atoms with Gasteiger partial charge in [-0.05, 0) is 86.4 Å². The van der Waals surface area contributed by atoms with Crippen LogP contribution in [-0.4, -0.2) is 69.8 Å². The van der Waals surface area contributed by atoms with Crippen LogP contribution in [0.5, 0.6) is 11.5 Å². The van der Waals surface area contributed by atoms with Gasteiger partial charge in [0, 0.05) is 31.3 Å². The lowest BCUT2D eigenvalue weighted by Gasteiger charge is -2.64. The van der Waals surface area contributed by atoms with Gasteiger partial charge in [-0.3, -0.25) is 9.69 Å². The largest absolute Gasteiger partial charge is 0.504 e. The predicted octanol–water partition coefficient (Wildman–Crippen LogP) is 3.77. The van der Waals surface area contributed by atoms with E-state index in [1.807, 2.05) is 6.07 Å². The minimum atomic E-state index is -1.02. The first-order valence-electron chi connectivity index (χ1n) is 13.6. The summed E-state index contributed by atoms with van der Waals surface area (Å²) in [6, 6.07) is 6.80. The molecule has 1 spiro atoms. The summed E-state index contributed by atoms with van der Waals surface area (Å²) in [4.78, 5) is 17.4. The molecule has 2 aromatic rings. The van der Waals surface area contributed by atoms with Gasteiger partial charge in [0.25, 0.3) is 0 Å². The second-order valence-electron chi connectivity index (χ2n) is 11.9. The zero-order valence-corrected chi connectivity index (χ0v) is 21.4. The van der Waals surface area contributed by atoms with Crippen molar-refractivity contribution in [3.05, 3.63) is 64.7 Å². The van der Waals surface area contributed by atoms with Crippen molar-refractivity contribution in [2.45, 2.75) is 67.7 Å². The molecule has 8 heteroatoms. The number of phenols is 1. The molecule has 2 aromatic carbocycles. The van der Waals surface area contributed by atoms with Gasteiger partial charge in [0.1, 0.15) is 6.10 Å². The fraction of sp³-hybridized carbons (Fsp3) is 0.500. The molecule has 5 atom stereocenters. The van der Waals surface area contributed by atoms with E-state index in [4.69, 9.17) is 4.74 Å². The third kappa shape index (κ3) is 3.26. The Morgan fingerprint density at radius 2 is 2.00 bits per heavy atom. The van der Waals surface area contributed by atoms with E-state index in [9.17, 15) is 23.8 Å². The van der Waals surface area contributed by atoms with E-state index in [1.165, 1.54) is 31.1 Å². The Balaban J connectivity index is 1.23. The minimum absolute atomic E-state index is 0.0267. The minimum Gasteiger partial charge on any atom is -0.504 e. The monoisotopic (exact) mass is 522 g/mol. The fourth-order valence-corrected chi connectivity index (χ4v) is 7.92. The molecule has 1 saturated heterocycles. The van der Waals surface area contributed by atoms with Gasteiger partial charge in [-0.2, -0.15) is 0 Å². The first kappa shape index (κ1) is 24.1. The maximum absolute atomic E-state index is 13.6. The van der Waals surface area contributed by atoms with Gasteiger partial charge in [-0.25, -0.2) is 8.78 Å². The second kappa shape index (κ2) is 8.26. The highest BCUT2D eigenvalue weighted by Crippen LogP contribution is 2.66. The van der Waals surface area contributed by atoms with Crippen molar-refractivity contribution in [1.82, 2.24) is 9.80 Å². The summed E-state index contributed by atoms with van der Waals surface area (Å²) < 4.78 is 33.5. The molecular formula is C30H32F2N2O4. The van der Waals surface area contributed by atoms with Gasteiger partial charge in [0.15, 0.2) is 23.1 Å². The number of likely N-dealkylation sites (tertiary alicyclic amines) is 1. The quantitative estimate of drug-likeness (QED) is 0.585. The summed E-state index contributed by atoms with van der Waals surface area (Å²) >= 11 is 0. The molecule has 0 radical (unpaired) electrons. The fourth-order valence-electron chi connectivity index (χ4n) is 7.92. The van der Waals surface area contributed by atoms with Gasteiger partial charge in [-0.15, -0.1) is 0 Å². The summed E-state index contributed by atoms with van der Waals surface area (Å²) in [5.41, 5.74) is 0.706. The van der Waals surface area contributed by atoms with Gasteiger partial charge in [0.2, 0.25) is 5.91 Å². The summed E-state index contributed by atoms with van der Waals surface area (Å²) in [5, 5.41) is 23.3. The summed E-state index contributed by atoms with van der Waals surface area (Å²) in [7, 11) is 1.72. The molecule has 200 valence electrons. The maximum Gasteiger partial charge on any atom is 0.246 e. The van der Waals surface area contributed by atoms with Crippen molar-refractivity contribution >= 4 is 12.0 Å². The number of hydrogen-bond donors (Lipinski definition) is 2. The molecule has 1 amide bonds. The average molecular weight is 523 g/mol. The van der Waals surface area contributed by atoms with Crippen LogP contribution in [0.4, 0.5) is 8.78 Å². The van der Waals surface area contributed by atoms with Crippen LogP contribution in [0.2, 0.25) is 0 Å². The number of halogens is 2. The highest BCUT2D eigenvalue weighted by Gasteiger charge is 2.73. The molecule has 6 nitrogen and oxygen atoms in total. The Hall–Kier alpha value is -2.97. The lowest BCUT2D eigenvalue weighted by atomic mass is 9.48. The van der Waals surface area contributed by atoms with Crippen LogP contribution in [0.25, 0.3) is 6.08 Å². The van der Waals surface area contributed by atoms with Crippen molar-refractivity contribution in [2.24, 2.45) is 5.92 Å². The average Bonchev–Trinajstić information content (AvgIpc) is 3.64. The lowest BCUT2D eigenvalue weighted by Crippen LogP contribution is -2.78. The number of nitrogens with zero attached hydrogens (tertiary/aromatic N) is 2. The predicted molar refractivity (Wildman–Crippen MR) is 137 cm³/mol. The van der Waals surface area contributed by atoms with Crippen molar-refractivity contribution in [3.8, 4) is 11.5 Å². The van der Waals surface area contributed by atoms with Crippen LogP contribution in [0.1, 0.15) is 48.8 Å². The topological polar surface area (TPSA) is 73.2 Å². The van der Waals surface area contributed by atoms with Crippen LogP contribution in [-0.2, 0) is 16.6 Å². The smallest absolute Gasteiger partial charge is 0.246 e. The molecule has 2 N–H and O–H groups in total. The number of benzene rings is 2. The van der Waals surface area contributed by atoms with E-state index < -0.39 is 28.8 Å². The van der Waals surface area contributed by atoms with Gasteiger partial charge in [-0.1, -0.05) is 12.1 Å². The summed E-state index contributed by atoms with van der Waals surface area (Å²) in [6.07, 6.45) is 7.34. The number of piperidine rings is 1. The maximum atomic E-state index is 13.6. The van der Waals surface area contributed by atoms with Crippen LogP contribution >= 0.6 is 0 Å². The Morgan fingerprint density at radius 3 is 2.76 bits per heavy atom. The van der Waals surface area contributed by atoms with Crippen molar-refractivity contribution < 1.29 is 28.5 Å². The summed E-state index contributed by atoms with van der Waals surface area (Å²) in [5.74, 6) is -0.962. The van der Waals surface area contributed by atoms with E-state index in [0.717, 1.165) is 42.8 Å². The molecule has 2 saturated carbocycles. The number of likely N-dealkylation sites (N-methyl/N-ethyl adjacent to an activating group) is 1. The first-order chi connectivity index (χ1) is 18.2. The number of hydrogen-bond acceptors (Lipinski definition) is 5. The zero-order chi connectivity index (χ0) is 26.4. The van der Waals surface area contributed by atoms with Gasteiger partial charge < -0.3 is 19.8 Å². The molecule has 2 aliphatic heterocycles. The summed E-state index contributed by atoms with van der Waals surface area (Å²) in [6.45, 7) is 1.85. The highest BCUT2D eigenvalue weighted by molar-refractivity contribution is 5.92. The molecule has 0 unspecified atom stereocenters. The number of carbonyl (C=O) groups is 1. The Morgan fingerprint density at radius 1 is 1.18 bits per heavy atom. The van der Waals surface area contributed by atoms with E-state index in [1.54, 1.807) is 18.0 Å². The third-order valence-corrected chi connectivity index (χ3v) is 9.94. The van der Waals surface area contributed by atoms with Crippen LogP contribution in [0, 0.1) is 17.6 Å². The lowest BCUT2D eigenvalue weighted by molar-refractivity contribution is -0.200. The van der Waals surface area contributed by atoms with Crippen molar-refractivity contribution in [3.63, 3.8) is 0 Å². The zero-order valence-electron chi connectivity index (χ0n) is 21.4. The van der Waals surface area contributed by atoms with Crippen LogP contribution in [0.3, 0.4) is 0 Å². The SMILES string of the molecule is CN(C(=O)C=Cc1ccc(F)c(F)c1)[C@@H]1CC[C@@]2(O)[C@H]3Cc4ccc(O)c5c4[C@@]2(CCN3CC2CC2)[C@H]1O5. The molecule has 0 aromatic heterocycles. The number of rotatable bonds is 5. The number of aromatic hydroxyl groups is 1. The van der Waals surface area contributed by atoms with E-state index >= 15 is 0 Å². The number of ether oxygens (including phenoxy) is 1. The van der Waals surface area contributed by atoms with Crippen LogP contribution in [0.15, 0.2) is 36.4 Å². The number of phenolic OH excluding ortho intramolecular Hbond substituents is 1. The molecule has 3 aliphatic carbocycles. The van der Waals surface area contributed by atoms with Crippen molar-refractivity contribution in [2.75, 3.05) is 20.1 Å². The standard InChI is InChI=1S/C30H32F2N2O4/c1-33(25(36)9-5-17-4-7-20(31)21(32)14-17)22-10-11-30(37)24-15-19-6-8-23(35)27-26(19)29(30,28(22)38-27)12-13-34(24)16-18-2-3-18/h4-9,14,18,22,24,28,35,37H,2-3,10-13,15-16H2,1H3/t22-,24-,28+,29+,30-/m1/s1. The third-order valence-electron chi connectivity index (χ3n) is 9.94. The van der Waals surface area contributed by atoms with Gasteiger partial charge >= 0.3 is 0 Å². The number of amides is 1. The molecule has 38 heavy (non-hydrogen) atoms. The molecule has 2 bridgehead atoms. The number of aliphatic hydroxyl groups is 1. The molecular weight excluding hydrogens is 490 g/mol. The number of carbonyl (C=O) groups excluding carboxylic acids is 1. The first-order valence-corrected chi connectivity index (χ1v) is 13.6.